The van der Waals surface area contributed by atoms with E-state index in [1.807, 2.05) is 35.7 Å². The highest BCUT2D eigenvalue weighted by molar-refractivity contribution is 8.19. The first-order valence-corrected chi connectivity index (χ1v) is 9.35. The van der Waals surface area contributed by atoms with E-state index >= 15 is 0 Å². The number of phenolic OH excluding ortho intramolecular Hbond substituents is 1. The van der Waals surface area contributed by atoms with Gasteiger partial charge in [-0.15, -0.1) is 23.5 Å². The molecule has 23 heavy (non-hydrogen) atoms. The van der Waals surface area contributed by atoms with Crippen molar-refractivity contribution in [2.24, 2.45) is 0 Å². The predicted octanol–water partition coefficient (Wildman–Crippen LogP) is 3.89. The number of aromatic hydroxyl groups is 1. The number of ether oxygens (including phenoxy) is 1. The minimum absolute atomic E-state index is 0.0675. The summed E-state index contributed by atoms with van der Waals surface area (Å²) in [5, 5.41) is 12.0. The van der Waals surface area contributed by atoms with Crippen LogP contribution in [0.15, 0.2) is 48.5 Å². The maximum Gasteiger partial charge on any atom is 0.262 e. The number of anilines is 1. The number of rotatable bonds is 5. The van der Waals surface area contributed by atoms with Gasteiger partial charge in [-0.2, -0.15) is 0 Å². The maximum absolute atomic E-state index is 11.8. The van der Waals surface area contributed by atoms with Crippen molar-refractivity contribution in [1.29, 1.82) is 0 Å². The number of amides is 1. The number of hydrogen-bond acceptors (Lipinski definition) is 5. The molecule has 3 rings (SSSR count). The van der Waals surface area contributed by atoms with Crippen LogP contribution in [0.3, 0.4) is 0 Å². The number of carbonyl (C=O) groups is 1. The zero-order chi connectivity index (χ0) is 16.1. The fourth-order valence-corrected chi connectivity index (χ4v) is 5.06. The van der Waals surface area contributed by atoms with Crippen LogP contribution in [0, 0.1) is 0 Å². The summed E-state index contributed by atoms with van der Waals surface area (Å²) in [4.78, 5) is 11.8. The third-order valence-corrected chi connectivity index (χ3v) is 6.38. The van der Waals surface area contributed by atoms with Crippen LogP contribution in [0.25, 0.3) is 0 Å². The lowest BCUT2D eigenvalue weighted by molar-refractivity contribution is -0.118. The third kappa shape index (κ3) is 4.59. The number of phenols is 1. The first-order chi connectivity index (χ1) is 11.2. The van der Waals surface area contributed by atoms with Gasteiger partial charge in [-0.3, -0.25) is 4.79 Å². The van der Waals surface area contributed by atoms with Crippen LogP contribution in [-0.4, -0.2) is 29.1 Å². The molecule has 0 unspecified atom stereocenters. The van der Waals surface area contributed by atoms with Gasteiger partial charge < -0.3 is 15.2 Å². The summed E-state index contributed by atoms with van der Waals surface area (Å²) in [7, 11) is 0. The Balaban J connectivity index is 1.50. The van der Waals surface area contributed by atoms with Gasteiger partial charge in [0.1, 0.15) is 11.5 Å². The summed E-state index contributed by atoms with van der Waals surface area (Å²) < 4.78 is 6.01. The second-order valence-corrected chi connectivity index (χ2v) is 7.75. The maximum atomic E-state index is 11.8. The van der Waals surface area contributed by atoms with Crippen molar-refractivity contribution in [1.82, 2.24) is 0 Å². The summed E-state index contributed by atoms with van der Waals surface area (Å²) in [6.45, 7) is -0.0675. The van der Waals surface area contributed by atoms with E-state index in [-0.39, 0.29) is 18.3 Å². The van der Waals surface area contributed by atoms with Crippen molar-refractivity contribution in [3.8, 4) is 11.5 Å². The monoisotopic (exact) mass is 347 g/mol. The standard InChI is InChI=1S/C17H17NO3S2/c19-14-3-1-2-13(10-14)18-16(20)11-21-15-6-4-12(5-7-15)17-22-8-9-23-17/h1-7,10,17,19H,8-9,11H2,(H,18,20). The zero-order valence-corrected chi connectivity index (χ0v) is 14.0. The highest BCUT2D eigenvalue weighted by atomic mass is 32.2. The van der Waals surface area contributed by atoms with Crippen LogP contribution < -0.4 is 10.1 Å². The average molecular weight is 347 g/mol. The Hall–Kier alpha value is -1.79. The van der Waals surface area contributed by atoms with Gasteiger partial charge in [-0.25, -0.2) is 0 Å². The van der Waals surface area contributed by atoms with Crippen LogP contribution in [0.1, 0.15) is 10.1 Å². The van der Waals surface area contributed by atoms with Gasteiger partial charge in [0.2, 0.25) is 0 Å². The van der Waals surface area contributed by atoms with Crippen molar-refractivity contribution in [2.75, 3.05) is 23.4 Å². The molecule has 4 nitrogen and oxygen atoms in total. The molecule has 1 fully saturated rings. The Bertz CT molecular complexity index is 670. The lowest BCUT2D eigenvalue weighted by Crippen LogP contribution is -2.20. The lowest BCUT2D eigenvalue weighted by Gasteiger charge is -2.10. The second-order valence-electron chi connectivity index (χ2n) is 5.03. The van der Waals surface area contributed by atoms with Gasteiger partial charge >= 0.3 is 0 Å². The SMILES string of the molecule is O=C(COc1ccc(C2SCCS2)cc1)Nc1cccc(O)c1. The van der Waals surface area contributed by atoms with Crippen molar-refractivity contribution in [2.45, 2.75) is 4.58 Å². The van der Waals surface area contributed by atoms with Gasteiger partial charge in [0, 0.05) is 23.3 Å². The summed E-state index contributed by atoms with van der Waals surface area (Å²) >= 11 is 3.92. The topological polar surface area (TPSA) is 58.6 Å². The number of thioether (sulfide) groups is 2. The second kappa shape index (κ2) is 7.66. The minimum atomic E-state index is -0.262. The van der Waals surface area contributed by atoms with Crippen LogP contribution in [0.5, 0.6) is 11.5 Å². The van der Waals surface area contributed by atoms with E-state index in [0.29, 0.717) is 16.0 Å². The highest BCUT2D eigenvalue weighted by Gasteiger charge is 2.17. The van der Waals surface area contributed by atoms with E-state index in [0.717, 1.165) is 0 Å². The number of benzene rings is 2. The fourth-order valence-electron chi connectivity index (χ4n) is 2.20. The van der Waals surface area contributed by atoms with Crippen molar-refractivity contribution >= 4 is 35.1 Å². The molecular formula is C17H17NO3S2. The number of carbonyl (C=O) groups excluding carboxylic acids is 1. The molecule has 1 heterocycles. The average Bonchev–Trinajstić information content (AvgIpc) is 3.08. The van der Waals surface area contributed by atoms with Gasteiger partial charge in [-0.05, 0) is 29.8 Å². The van der Waals surface area contributed by atoms with Crippen molar-refractivity contribution < 1.29 is 14.6 Å². The van der Waals surface area contributed by atoms with E-state index in [9.17, 15) is 9.90 Å². The van der Waals surface area contributed by atoms with E-state index in [4.69, 9.17) is 4.74 Å². The molecule has 1 saturated heterocycles. The molecule has 6 heteroatoms. The smallest absolute Gasteiger partial charge is 0.262 e. The molecule has 2 aromatic carbocycles. The largest absolute Gasteiger partial charge is 0.508 e. The Morgan fingerprint density at radius 1 is 1.17 bits per heavy atom. The summed E-state index contributed by atoms with van der Waals surface area (Å²) in [5.41, 5.74) is 1.83. The molecule has 1 amide bonds. The lowest BCUT2D eigenvalue weighted by atomic mass is 10.2. The molecule has 0 bridgehead atoms. The normalized spacial score (nSPS) is 14.6. The Morgan fingerprint density at radius 3 is 2.61 bits per heavy atom. The Kier molecular flexibility index (Phi) is 5.35. The third-order valence-electron chi connectivity index (χ3n) is 3.27. The molecular weight excluding hydrogens is 330 g/mol. The molecule has 0 spiro atoms. The van der Waals surface area contributed by atoms with Gasteiger partial charge in [0.25, 0.3) is 5.91 Å². The van der Waals surface area contributed by atoms with Crippen LogP contribution in [0.4, 0.5) is 5.69 Å². The molecule has 1 aliphatic rings. The fraction of sp³-hybridized carbons (Fsp3) is 0.235. The van der Waals surface area contributed by atoms with E-state index < -0.39 is 0 Å². The van der Waals surface area contributed by atoms with E-state index in [1.54, 1.807) is 18.2 Å². The van der Waals surface area contributed by atoms with Crippen molar-refractivity contribution in [3.05, 3.63) is 54.1 Å². The minimum Gasteiger partial charge on any atom is -0.508 e. The molecule has 2 N–H and O–H groups in total. The summed E-state index contributed by atoms with van der Waals surface area (Å²) in [5.74, 6) is 2.92. The Morgan fingerprint density at radius 2 is 1.91 bits per heavy atom. The molecule has 0 saturated carbocycles. The first-order valence-electron chi connectivity index (χ1n) is 7.25. The molecule has 0 atom stereocenters. The summed E-state index contributed by atoms with van der Waals surface area (Å²) in [6.07, 6.45) is 0. The molecule has 0 aromatic heterocycles. The molecule has 2 aromatic rings. The zero-order valence-electron chi connectivity index (χ0n) is 12.4. The predicted molar refractivity (Wildman–Crippen MR) is 96.3 cm³/mol. The first kappa shape index (κ1) is 16.1. The van der Waals surface area contributed by atoms with Gasteiger partial charge in [-0.1, -0.05) is 18.2 Å². The quantitative estimate of drug-likeness (QED) is 0.859. The number of nitrogens with one attached hydrogen (secondary N) is 1. The van der Waals surface area contributed by atoms with E-state index in [1.165, 1.54) is 23.1 Å². The van der Waals surface area contributed by atoms with Crippen LogP contribution >= 0.6 is 23.5 Å². The van der Waals surface area contributed by atoms with Crippen LogP contribution in [-0.2, 0) is 4.79 Å². The number of hydrogen-bond donors (Lipinski definition) is 2. The Labute approximate surface area is 143 Å². The molecule has 0 aliphatic carbocycles. The van der Waals surface area contributed by atoms with E-state index in [2.05, 4.69) is 17.4 Å². The van der Waals surface area contributed by atoms with Crippen molar-refractivity contribution in [3.63, 3.8) is 0 Å². The van der Waals surface area contributed by atoms with Crippen LogP contribution in [0.2, 0.25) is 0 Å². The van der Waals surface area contributed by atoms with Gasteiger partial charge in [0.05, 0.1) is 4.58 Å². The van der Waals surface area contributed by atoms with Gasteiger partial charge in [0.15, 0.2) is 6.61 Å². The molecule has 1 aliphatic heterocycles. The summed E-state index contributed by atoms with van der Waals surface area (Å²) in [6, 6.07) is 14.3. The highest BCUT2D eigenvalue weighted by Crippen LogP contribution is 2.45. The molecule has 0 radical (unpaired) electrons. The molecule has 120 valence electrons.